The Bertz CT molecular complexity index is 1170. The van der Waals surface area contributed by atoms with Crippen molar-refractivity contribution < 1.29 is 14.6 Å². The van der Waals surface area contributed by atoms with Crippen molar-refractivity contribution in [2.24, 2.45) is 0 Å². The number of para-hydroxylation sites is 2. The molecule has 3 atom stereocenters. The quantitative estimate of drug-likeness (QED) is 0.474. The van der Waals surface area contributed by atoms with E-state index in [0.29, 0.717) is 18.7 Å². The first-order valence-electron chi connectivity index (χ1n) is 10.5. The van der Waals surface area contributed by atoms with Gasteiger partial charge in [0.2, 0.25) is 0 Å². The molecular weight excluding hydrogens is 390 g/mol. The minimum Gasteiger partial charge on any atom is -0.399 e. The molecule has 5 rings (SSSR count). The SMILES string of the molecule is Nc1cccc(C2OC(Cn3cnc4ccccc43)CC(c3ccc(CO)cc3)O2)c1. The lowest BCUT2D eigenvalue weighted by atomic mass is 10.00. The predicted octanol–water partition coefficient (Wildman–Crippen LogP) is 4.36. The van der Waals surface area contributed by atoms with Gasteiger partial charge in [-0.2, -0.15) is 0 Å². The molecule has 6 nitrogen and oxygen atoms in total. The molecule has 4 aromatic rings. The zero-order valence-electron chi connectivity index (χ0n) is 17.1. The summed E-state index contributed by atoms with van der Waals surface area (Å²) >= 11 is 0. The molecule has 3 unspecified atom stereocenters. The molecule has 1 aliphatic rings. The summed E-state index contributed by atoms with van der Waals surface area (Å²) in [4.78, 5) is 4.51. The number of aliphatic hydroxyl groups is 1. The highest BCUT2D eigenvalue weighted by Gasteiger charge is 2.32. The molecule has 31 heavy (non-hydrogen) atoms. The van der Waals surface area contributed by atoms with Crippen LogP contribution in [0.25, 0.3) is 11.0 Å². The first-order valence-corrected chi connectivity index (χ1v) is 10.5. The summed E-state index contributed by atoms with van der Waals surface area (Å²) in [5, 5.41) is 9.36. The topological polar surface area (TPSA) is 82.5 Å². The number of benzene rings is 3. The van der Waals surface area contributed by atoms with Gasteiger partial charge in [0.15, 0.2) is 6.29 Å². The first kappa shape index (κ1) is 19.8. The van der Waals surface area contributed by atoms with Gasteiger partial charge in [-0.3, -0.25) is 0 Å². The molecule has 1 fully saturated rings. The fourth-order valence-corrected chi connectivity index (χ4v) is 4.11. The monoisotopic (exact) mass is 415 g/mol. The lowest BCUT2D eigenvalue weighted by Gasteiger charge is -2.36. The number of rotatable bonds is 5. The second-order valence-electron chi connectivity index (χ2n) is 7.91. The van der Waals surface area contributed by atoms with Gasteiger partial charge in [0.25, 0.3) is 0 Å². The molecular formula is C25H25N3O3. The van der Waals surface area contributed by atoms with Crippen LogP contribution in [0.1, 0.15) is 35.5 Å². The number of hydrogen-bond acceptors (Lipinski definition) is 5. The Kier molecular flexibility index (Phi) is 5.42. The van der Waals surface area contributed by atoms with E-state index in [-0.39, 0.29) is 18.8 Å². The highest BCUT2D eigenvalue weighted by atomic mass is 16.7. The maximum Gasteiger partial charge on any atom is 0.185 e. The second-order valence-corrected chi connectivity index (χ2v) is 7.91. The van der Waals surface area contributed by atoms with Crippen molar-refractivity contribution >= 4 is 16.7 Å². The molecule has 0 spiro atoms. The van der Waals surface area contributed by atoms with Crippen molar-refractivity contribution in [1.29, 1.82) is 0 Å². The van der Waals surface area contributed by atoms with Gasteiger partial charge < -0.3 is 24.9 Å². The normalized spacial score (nSPS) is 21.4. The zero-order chi connectivity index (χ0) is 21.2. The third kappa shape index (κ3) is 4.18. The third-order valence-corrected chi connectivity index (χ3v) is 5.73. The molecule has 6 heteroatoms. The zero-order valence-corrected chi connectivity index (χ0v) is 17.1. The molecule has 3 N–H and O–H groups in total. The largest absolute Gasteiger partial charge is 0.399 e. The number of aliphatic hydroxyl groups excluding tert-OH is 1. The number of fused-ring (bicyclic) bond motifs is 1. The number of anilines is 1. The summed E-state index contributed by atoms with van der Waals surface area (Å²) in [6, 6.07) is 23.6. The van der Waals surface area contributed by atoms with E-state index in [4.69, 9.17) is 15.2 Å². The van der Waals surface area contributed by atoms with Gasteiger partial charge >= 0.3 is 0 Å². The van der Waals surface area contributed by atoms with Crippen LogP contribution in [0.3, 0.4) is 0 Å². The van der Waals surface area contributed by atoms with Crippen molar-refractivity contribution in [2.75, 3.05) is 5.73 Å². The molecule has 1 saturated heterocycles. The van der Waals surface area contributed by atoms with Gasteiger partial charge in [-0.1, -0.05) is 48.5 Å². The molecule has 1 aliphatic heterocycles. The Morgan fingerprint density at radius 3 is 2.61 bits per heavy atom. The fraction of sp³-hybridized carbons (Fsp3) is 0.240. The van der Waals surface area contributed by atoms with E-state index in [1.165, 1.54) is 0 Å². The van der Waals surface area contributed by atoms with Gasteiger partial charge in [0, 0.05) is 17.7 Å². The number of nitrogen functional groups attached to an aromatic ring is 1. The van der Waals surface area contributed by atoms with Gasteiger partial charge in [0.05, 0.1) is 42.7 Å². The number of aromatic nitrogens is 2. The number of ether oxygens (including phenoxy) is 2. The van der Waals surface area contributed by atoms with E-state index < -0.39 is 6.29 Å². The van der Waals surface area contributed by atoms with Crippen molar-refractivity contribution in [3.05, 3.63) is 95.8 Å². The van der Waals surface area contributed by atoms with Crippen molar-refractivity contribution in [3.8, 4) is 0 Å². The Morgan fingerprint density at radius 1 is 0.968 bits per heavy atom. The van der Waals surface area contributed by atoms with Crippen LogP contribution in [-0.4, -0.2) is 20.8 Å². The van der Waals surface area contributed by atoms with E-state index in [2.05, 4.69) is 15.6 Å². The molecule has 1 aromatic heterocycles. The predicted molar refractivity (Wildman–Crippen MR) is 119 cm³/mol. The van der Waals surface area contributed by atoms with Crippen LogP contribution >= 0.6 is 0 Å². The fourth-order valence-electron chi connectivity index (χ4n) is 4.11. The van der Waals surface area contributed by atoms with Crippen LogP contribution in [0, 0.1) is 0 Å². The van der Waals surface area contributed by atoms with Crippen LogP contribution in [0.2, 0.25) is 0 Å². The van der Waals surface area contributed by atoms with Crippen molar-refractivity contribution in [3.63, 3.8) is 0 Å². The maximum absolute atomic E-state index is 9.36. The van der Waals surface area contributed by atoms with Crippen molar-refractivity contribution in [2.45, 2.75) is 38.1 Å². The van der Waals surface area contributed by atoms with E-state index in [0.717, 1.165) is 27.7 Å². The summed E-state index contributed by atoms with van der Waals surface area (Å²) in [5.74, 6) is 0. The first-order chi connectivity index (χ1) is 15.2. The second kappa shape index (κ2) is 8.51. The third-order valence-electron chi connectivity index (χ3n) is 5.73. The van der Waals surface area contributed by atoms with Crippen LogP contribution in [0.5, 0.6) is 0 Å². The Morgan fingerprint density at radius 2 is 1.81 bits per heavy atom. The lowest BCUT2D eigenvalue weighted by molar-refractivity contribution is -0.252. The van der Waals surface area contributed by atoms with Gasteiger partial charge in [-0.15, -0.1) is 0 Å². The summed E-state index contributed by atoms with van der Waals surface area (Å²) in [6.07, 6.45) is 1.86. The van der Waals surface area contributed by atoms with Crippen LogP contribution < -0.4 is 5.73 Å². The maximum atomic E-state index is 9.36. The Labute approximate surface area is 180 Å². The number of imidazole rings is 1. The number of nitrogens with two attached hydrogens (primary N) is 1. The molecule has 0 aliphatic carbocycles. The molecule has 0 bridgehead atoms. The molecule has 3 aromatic carbocycles. The summed E-state index contributed by atoms with van der Waals surface area (Å²) in [5.41, 5.74) is 11.6. The van der Waals surface area contributed by atoms with E-state index >= 15 is 0 Å². The minimum absolute atomic E-state index is 0.0250. The average molecular weight is 415 g/mol. The van der Waals surface area contributed by atoms with E-state index in [9.17, 15) is 5.11 Å². The average Bonchev–Trinajstić information content (AvgIpc) is 3.22. The van der Waals surface area contributed by atoms with Crippen LogP contribution in [0.15, 0.2) is 79.1 Å². The standard InChI is InChI=1S/C25H25N3O3/c26-20-5-3-4-19(12-20)25-30-21(14-28-16-27-22-6-1-2-7-23(22)28)13-24(31-25)18-10-8-17(15-29)9-11-18/h1-12,16,21,24-25,29H,13-15,26H2. The molecule has 0 saturated carbocycles. The van der Waals surface area contributed by atoms with E-state index in [1.54, 1.807) is 0 Å². The summed E-state index contributed by atoms with van der Waals surface area (Å²) < 4.78 is 14.9. The van der Waals surface area contributed by atoms with E-state index in [1.807, 2.05) is 73.1 Å². The Hall–Kier alpha value is -3.19. The highest BCUT2D eigenvalue weighted by Crippen LogP contribution is 2.38. The van der Waals surface area contributed by atoms with Gasteiger partial charge in [0.1, 0.15) is 0 Å². The molecule has 2 heterocycles. The molecule has 0 radical (unpaired) electrons. The Balaban J connectivity index is 1.44. The van der Waals surface area contributed by atoms with Gasteiger partial charge in [-0.25, -0.2) is 4.98 Å². The summed E-state index contributed by atoms with van der Waals surface area (Å²) in [6.45, 7) is 0.699. The van der Waals surface area contributed by atoms with Gasteiger partial charge in [-0.05, 0) is 35.4 Å². The highest BCUT2D eigenvalue weighted by molar-refractivity contribution is 5.74. The summed E-state index contributed by atoms with van der Waals surface area (Å²) in [7, 11) is 0. The molecule has 0 amide bonds. The molecule has 158 valence electrons. The minimum atomic E-state index is -0.514. The number of hydrogen-bond donors (Lipinski definition) is 2. The van der Waals surface area contributed by atoms with Crippen LogP contribution in [-0.2, 0) is 22.6 Å². The smallest absolute Gasteiger partial charge is 0.185 e. The van der Waals surface area contributed by atoms with Crippen LogP contribution in [0.4, 0.5) is 5.69 Å². The number of nitrogens with zero attached hydrogens (tertiary/aromatic N) is 2. The van der Waals surface area contributed by atoms with Crippen molar-refractivity contribution in [1.82, 2.24) is 9.55 Å². The lowest BCUT2D eigenvalue weighted by Crippen LogP contribution is -2.32.